The quantitative estimate of drug-likeness (QED) is 0.716. The lowest BCUT2D eigenvalue weighted by Gasteiger charge is -2.01. The number of para-hydroxylation sites is 2. The lowest BCUT2D eigenvalue weighted by molar-refractivity contribution is -0.305. The topological polar surface area (TPSA) is 83.2 Å². The summed E-state index contributed by atoms with van der Waals surface area (Å²) in [6.07, 6.45) is -0.217. The van der Waals surface area contributed by atoms with E-state index in [4.69, 9.17) is 4.42 Å². The lowest BCUT2D eigenvalue weighted by Crippen LogP contribution is -2.24. The summed E-state index contributed by atoms with van der Waals surface area (Å²) >= 11 is 0. The van der Waals surface area contributed by atoms with Gasteiger partial charge >= 0.3 is 5.63 Å². The van der Waals surface area contributed by atoms with Crippen LogP contribution in [0.5, 0.6) is 0 Å². The zero-order chi connectivity index (χ0) is 11.5. The Morgan fingerprint density at radius 3 is 2.88 bits per heavy atom. The van der Waals surface area contributed by atoms with Gasteiger partial charge in [0.05, 0.1) is 0 Å². The number of carbonyl (C=O) groups is 1. The van der Waals surface area contributed by atoms with Crippen molar-refractivity contribution in [1.29, 1.82) is 0 Å². The summed E-state index contributed by atoms with van der Waals surface area (Å²) in [5, 5.41) is 10.3. The molecule has 0 fully saturated rings. The normalized spacial score (nSPS) is 10.5. The molecule has 0 aliphatic rings. The molecule has 1 aromatic heterocycles. The van der Waals surface area contributed by atoms with E-state index in [9.17, 15) is 14.7 Å². The van der Waals surface area contributed by atoms with Gasteiger partial charge in [0.15, 0.2) is 5.58 Å². The number of aromatic nitrogens is 1. The van der Waals surface area contributed by atoms with E-state index in [0.29, 0.717) is 11.1 Å². The van der Waals surface area contributed by atoms with Crippen LogP contribution in [0.4, 0.5) is 0 Å². The third kappa shape index (κ3) is 2.08. The maximum Gasteiger partial charge on any atom is 0.358 e. The van der Waals surface area contributed by atoms with E-state index < -0.39 is 11.6 Å². The highest BCUT2D eigenvalue weighted by atomic mass is 16.4. The third-order valence-corrected chi connectivity index (χ3v) is 2.12. The van der Waals surface area contributed by atoms with Crippen molar-refractivity contribution in [3.8, 4) is 0 Å². The van der Waals surface area contributed by atoms with E-state index in [2.05, 4.69) is 4.98 Å². The van der Waals surface area contributed by atoms with Crippen LogP contribution < -0.4 is 10.7 Å². The van der Waals surface area contributed by atoms with Gasteiger partial charge in [0, 0.05) is 12.4 Å². The van der Waals surface area contributed by atoms with Gasteiger partial charge in [0.2, 0.25) is 0 Å². The van der Waals surface area contributed by atoms with Crippen LogP contribution in [0, 0.1) is 0 Å². The zero-order valence-electron chi connectivity index (χ0n) is 8.30. The van der Waals surface area contributed by atoms with Crippen molar-refractivity contribution in [2.45, 2.75) is 12.8 Å². The van der Waals surface area contributed by atoms with Crippen molar-refractivity contribution in [2.75, 3.05) is 0 Å². The largest absolute Gasteiger partial charge is 0.550 e. The molecule has 82 valence electrons. The summed E-state index contributed by atoms with van der Waals surface area (Å²) in [4.78, 5) is 25.7. The minimum atomic E-state index is -1.21. The number of aryl methyl sites for hydroxylation is 1. The Morgan fingerprint density at radius 2 is 2.12 bits per heavy atom. The fourth-order valence-corrected chi connectivity index (χ4v) is 1.36. The molecule has 0 radical (unpaired) electrons. The standard InChI is InChI=1S/C11H9NO4/c13-10(14)6-5-8-11(15)16-9-4-2-1-3-7(9)12-8/h1-4H,5-6H2,(H,13,14)/p-1. The molecule has 2 aromatic rings. The number of rotatable bonds is 3. The number of fused-ring (bicyclic) bond motifs is 1. The number of hydrogen-bond donors (Lipinski definition) is 0. The molecule has 1 heterocycles. The highest BCUT2D eigenvalue weighted by molar-refractivity contribution is 5.71. The Hall–Kier alpha value is -2.17. The monoisotopic (exact) mass is 218 g/mol. The average molecular weight is 218 g/mol. The second-order valence-electron chi connectivity index (χ2n) is 3.29. The number of carbonyl (C=O) groups excluding carboxylic acids is 1. The molecule has 16 heavy (non-hydrogen) atoms. The number of nitrogens with zero attached hydrogens (tertiary/aromatic N) is 1. The number of carboxylic acids is 1. The fraction of sp³-hybridized carbons (Fsp3) is 0.182. The SMILES string of the molecule is O=C([O-])CCc1nc2ccccc2oc1=O. The van der Waals surface area contributed by atoms with Gasteiger partial charge in [-0.2, -0.15) is 0 Å². The van der Waals surface area contributed by atoms with Gasteiger partial charge < -0.3 is 14.3 Å². The Bertz CT molecular complexity index is 588. The maximum atomic E-state index is 11.4. The second-order valence-corrected chi connectivity index (χ2v) is 3.29. The van der Waals surface area contributed by atoms with Gasteiger partial charge in [-0.25, -0.2) is 9.78 Å². The van der Waals surface area contributed by atoms with E-state index >= 15 is 0 Å². The van der Waals surface area contributed by atoms with Crippen molar-refractivity contribution in [2.24, 2.45) is 0 Å². The Kier molecular flexibility index (Phi) is 2.68. The molecule has 5 heteroatoms. The van der Waals surface area contributed by atoms with Crippen LogP contribution in [0.15, 0.2) is 33.5 Å². The number of benzene rings is 1. The van der Waals surface area contributed by atoms with Crippen molar-refractivity contribution >= 4 is 17.1 Å². The molecule has 0 aliphatic carbocycles. The van der Waals surface area contributed by atoms with Crippen LogP contribution in [-0.4, -0.2) is 11.0 Å². The van der Waals surface area contributed by atoms with Crippen LogP contribution in [0.3, 0.4) is 0 Å². The van der Waals surface area contributed by atoms with Gasteiger partial charge in [-0.1, -0.05) is 12.1 Å². The first-order valence-electron chi connectivity index (χ1n) is 4.75. The predicted molar refractivity (Wildman–Crippen MR) is 53.6 cm³/mol. The Balaban J connectivity index is 2.42. The first-order chi connectivity index (χ1) is 7.66. The summed E-state index contributed by atoms with van der Waals surface area (Å²) in [6.45, 7) is 0. The number of aliphatic carboxylic acids is 1. The summed E-state index contributed by atoms with van der Waals surface area (Å²) in [5.74, 6) is -1.21. The lowest BCUT2D eigenvalue weighted by atomic mass is 10.2. The molecular formula is C11H8NO4-. The van der Waals surface area contributed by atoms with Crippen molar-refractivity contribution < 1.29 is 14.3 Å². The van der Waals surface area contributed by atoms with Crippen molar-refractivity contribution in [3.05, 3.63) is 40.4 Å². The van der Waals surface area contributed by atoms with Crippen LogP contribution in [0.2, 0.25) is 0 Å². The first kappa shape index (κ1) is 10.4. The highest BCUT2D eigenvalue weighted by Gasteiger charge is 2.06. The molecule has 2 rings (SSSR count). The third-order valence-electron chi connectivity index (χ3n) is 2.12. The number of carboxylic acid groups (broad SMARTS) is 1. The van der Waals surface area contributed by atoms with E-state index in [-0.39, 0.29) is 18.5 Å². The van der Waals surface area contributed by atoms with E-state index in [1.807, 2.05) is 0 Å². The molecule has 5 nitrogen and oxygen atoms in total. The summed E-state index contributed by atoms with van der Waals surface area (Å²) in [6, 6.07) is 6.82. The van der Waals surface area contributed by atoms with Gasteiger partial charge in [0.1, 0.15) is 11.2 Å². The van der Waals surface area contributed by atoms with Gasteiger partial charge in [-0.05, 0) is 18.6 Å². The molecule has 1 aromatic carbocycles. The second kappa shape index (κ2) is 4.14. The highest BCUT2D eigenvalue weighted by Crippen LogP contribution is 2.09. The van der Waals surface area contributed by atoms with Crippen LogP contribution in [-0.2, 0) is 11.2 Å². The molecule has 0 aliphatic heterocycles. The predicted octanol–water partition coefficient (Wildman–Crippen LogP) is -0.130. The molecule has 0 saturated carbocycles. The van der Waals surface area contributed by atoms with Crippen LogP contribution in [0.25, 0.3) is 11.1 Å². The molecule has 0 saturated heterocycles. The average Bonchev–Trinajstić information content (AvgIpc) is 2.26. The molecule has 0 N–H and O–H groups in total. The van der Waals surface area contributed by atoms with Crippen LogP contribution >= 0.6 is 0 Å². The Labute approximate surface area is 90.3 Å². The Morgan fingerprint density at radius 1 is 1.38 bits per heavy atom. The summed E-state index contributed by atoms with van der Waals surface area (Å²) < 4.78 is 4.99. The molecular weight excluding hydrogens is 210 g/mol. The van der Waals surface area contributed by atoms with Crippen molar-refractivity contribution in [3.63, 3.8) is 0 Å². The summed E-state index contributed by atoms with van der Waals surface area (Å²) in [7, 11) is 0. The van der Waals surface area contributed by atoms with Crippen LogP contribution in [0.1, 0.15) is 12.1 Å². The minimum Gasteiger partial charge on any atom is -0.550 e. The molecule has 0 bridgehead atoms. The van der Waals surface area contributed by atoms with Gasteiger partial charge in [0.25, 0.3) is 0 Å². The van der Waals surface area contributed by atoms with Gasteiger partial charge in [-0.3, -0.25) is 0 Å². The molecule has 0 amide bonds. The van der Waals surface area contributed by atoms with E-state index in [1.165, 1.54) is 0 Å². The maximum absolute atomic E-state index is 11.4. The van der Waals surface area contributed by atoms with Crippen molar-refractivity contribution in [1.82, 2.24) is 4.98 Å². The smallest absolute Gasteiger partial charge is 0.358 e. The molecule has 0 atom stereocenters. The van der Waals surface area contributed by atoms with E-state index in [0.717, 1.165) is 0 Å². The molecule has 0 unspecified atom stereocenters. The zero-order valence-corrected chi connectivity index (χ0v) is 8.30. The minimum absolute atomic E-state index is 0.0233. The summed E-state index contributed by atoms with van der Waals surface area (Å²) in [5.41, 5.74) is 0.447. The van der Waals surface area contributed by atoms with Gasteiger partial charge in [-0.15, -0.1) is 0 Å². The first-order valence-corrected chi connectivity index (χ1v) is 4.75. The number of hydrogen-bond acceptors (Lipinski definition) is 5. The molecule has 0 spiro atoms. The fourth-order valence-electron chi connectivity index (χ4n) is 1.36. The van der Waals surface area contributed by atoms with E-state index in [1.54, 1.807) is 24.3 Å².